The Labute approximate surface area is 106 Å². The number of rotatable bonds is 3. The topological polar surface area (TPSA) is 75.8 Å². The van der Waals surface area contributed by atoms with E-state index in [0.29, 0.717) is 30.9 Å². The van der Waals surface area contributed by atoms with Gasteiger partial charge in [0.2, 0.25) is 0 Å². The molecule has 1 aromatic carbocycles. The van der Waals surface area contributed by atoms with E-state index in [0.717, 1.165) is 0 Å². The van der Waals surface area contributed by atoms with E-state index >= 15 is 0 Å². The molecule has 0 radical (unpaired) electrons. The molecule has 98 valence electrons. The molecule has 1 saturated heterocycles. The summed E-state index contributed by atoms with van der Waals surface area (Å²) in [5, 5.41) is 9.78. The second-order valence-electron chi connectivity index (χ2n) is 4.92. The molecule has 1 aromatic rings. The van der Waals surface area contributed by atoms with E-state index in [1.807, 2.05) is 0 Å². The Morgan fingerprint density at radius 2 is 2.17 bits per heavy atom. The van der Waals surface area contributed by atoms with Crippen molar-refractivity contribution in [3.8, 4) is 5.75 Å². The summed E-state index contributed by atoms with van der Waals surface area (Å²) in [7, 11) is 0. The van der Waals surface area contributed by atoms with E-state index in [1.165, 1.54) is 0 Å². The standard InChI is InChI=1S/C13H18N2O3/c1-13(17)6-7-15(9-13)12(16)8-18-11-4-2-10(14)3-5-11/h2-5,17H,6-9,14H2,1H3. The monoisotopic (exact) mass is 250 g/mol. The number of hydrogen-bond donors (Lipinski definition) is 2. The minimum Gasteiger partial charge on any atom is -0.484 e. The smallest absolute Gasteiger partial charge is 0.260 e. The maximum absolute atomic E-state index is 11.8. The summed E-state index contributed by atoms with van der Waals surface area (Å²) in [5.41, 5.74) is 5.44. The van der Waals surface area contributed by atoms with Crippen molar-refractivity contribution in [2.24, 2.45) is 0 Å². The van der Waals surface area contributed by atoms with E-state index < -0.39 is 5.60 Å². The largest absolute Gasteiger partial charge is 0.484 e. The number of ether oxygens (including phenoxy) is 1. The fourth-order valence-electron chi connectivity index (χ4n) is 1.96. The fraction of sp³-hybridized carbons (Fsp3) is 0.462. The lowest BCUT2D eigenvalue weighted by atomic mass is 10.1. The van der Waals surface area contributed by atoms with E-state index in [1.54, 1.807) is 36.1 Å². The normalized spacial score (nSPS) is 23.1. The molecular formula is C13H18N2O3. The zero-order valence-corrected chi connectivity index (χ0v) is 10.4. The van der Waals surface area contributed by atoms with Gasteiger partial charge in [0.25, 0.3) is 5.91 Å². The number of carbonyl (C=O) groups is 1. The van der Waals surface area contributed by atoms with Gasteiger partial charge in [-0.1, -0.05) is 0 Å². The van der Waals surface area contributed by atoms with Gasteiger partial charge in [-0.05, 0) is 37.6 Å². The Kier molecular flexibility index (Phi) is 3.43. The second kappa shape index (κ2) is 4.86. The van der Waals surface area contributed by atoms with Crippen molar-refractivity contribution in [3.05, 3.63) is 24.3 Å². The van der Waals surface area contributed by atoms with Crippen molar-refractivity contribution in [2.45, 2.75) is 18.9 Å². The number of nitrogens with two attached hydrogens (primary N) is 1. The molecule has 1 aliphatic heterocycles. The minimum absolute atomic E-state index is 0.0139. The van der Waals surface area contributed by atoms with Crippen LogP contribution in [0, 0.1) is 0 Å². The Bertz CT molecular complexity index is 428. The molecule has 3 N–H and O–H groups in total. The lowest BCUT2D eigenvalue weighted by Gasteiger charge is -2.19. The first-order chi connectivity index (χ1) is 8.46. The highest BCUT2D eigenvalue weighted by Gasteiger charge is 2.33. The molecule has 1 atom stereocenters. The number of aliphatic hydroxyl groups is 1. The lowest BCUT2D eigenvalue weighted by Crippen LogP contribution is -2.36. The Morgan fingerprint density at radius 3 is 2.72 bits per heavy atom. The van der Waals surface area contributed by atoms with Crippen LogP contribution in [0.25, 0.3) is 0 Å². The van der Waals surface area contributed by atoms with Gasteiger partial charge in [0.1, 0.15) is 5.75 Å². The van der Waals surface area contributed by atoms with Gasteiger partial charge in [-0.3, -0.25) is 4.79 Å². The minimum atomic E-state index is -0.767. The SMILES string of the molecule is CC1(O)CCN(C(=O)COc2ccc(N)cc2)C1. The predicted molar refractivity (Wildman–Crippen MR) is 68.2 cm³/mol. The molecule has 1 aliphatic rings. The van der Waals surface area contributed by atoms with Gasteiger partial charge in [0, 0.05) is 18.8 Å². The summed E-state index contributed by atoms with van der Waals surface area (Å²) in [4.78, 5) is 13.5. The Hall–Kier alpha value is -1.75. The van der Waals surface area contributed by atoms with Gasteiger partial charge in [-0.25, -0.2) is 0 Å². The molecule has 0 saturated carbocycles. The second-order valence-corrected chi connectivity index (χ2v) is 4.92. The first-order valence-electron chi connectivity index (χ1n) is 5.95. The lowest BCUT2D eigenvalue weighted by molar-refractivity contribution is -0.133. The van der Waals surface area contributed by atoms with Crippen molar-refractivity contribution < 1.29 is 14.6 Å². The molecule has 0 bridgehead atoms. The summed E-state index contributed by atoms with van der Waals surface area (Å²) >= 11 is 0. The zero-order chi connectivity index (χ0) is 13.2. The maximum Gasteiger partial charge on any atom is 0.260 e. The Balaban J connectivity index is 1.84. The third kappa shape index (κ3) is 3.13. The van der Waals surface area contributed by atoms with Crippen LogP contribution in [0.15, 0.2) is 24.3 Å². The molecule has 0 aliphatic carbocycles. The number of likely N-dealkylation sites (tertiary alicyclic amines) is 1. The molecule has 5 heteroatoms. The first kappa shape index (κ1) is 12.7. The molecule has 1 unspecified atom stereocenters. The number of benzene rings is 1. The summed E-state index contributed by atoms with van der Waals surface area (Å²) in [6.07, 6.45) is 0.612. The predicted octanol–water partition coefficient (Wildman–Crippen LogP) is 0.631. The van der Waals surface area contributed by atoms with Crippen LogP contribution in [0.1, 0.15) is 13.3 Å². The van der Waals surface area contributed by atoms with Gasteiger partial charge < -0.3 is 20.5 Å². The molecule has 0 spiro atoms. The summed E-state index contributed by atoms with van der Waals surface area (Å²) < 4.78 is 5.37. The van der Waals surface area contributed by atoms with E-state index in [4.69, 9.17) is 10.5 Å². The van der Waals surface area contributed by atoms with Crippen molar-refractivity contribution >= 4 is 11.6 Å². The zero-order valence-electron chi connectivity index (χ0n) is 10.4. The number of nitrogens with zero attached hydrogens (tertiary/aromatic N) is 1. The highest BCUT2D eigenvalue weighted by molar-refractivity contribution is 5.78. The van der Waals surface area contributed by atoms with Crippen LogP contribution in [0.2, 0.25) is 0 Å². The molecule has 18 heavy (non-hydrogen) atoms. The molecule has 1 fully saturated rings. The first-order valence-corrected chi connectivity index (χ1v) is 5.95. The third-order valence-electron chi connectivity index (χ3n) is 3.05. The van der Waals surface area contributed by atoms with Crippen molar-refractivity contribution in [1.82, 2.24) is 4.90 Å². The van der Waals surface area contributed by atoms with Gasteiger partial charge in [-0.2, -0.15) is 0 Å². The summed E-state index contributed by atoms with van der Waals surface area (Å²) in [6, 6.07) is 6.90. The van der Waals surface area contributed by atoms with Crippen LogP contribution in [0.4, 0.5) is 5.69 Å². The molecule has 1 heterocycles. The molecule has 2 rings (SSSR count). The number of β-amino-alcohol motifs (C(OH)–C–C–N with tert-alkyl or cyclic N) is 1. The fourth-order valence-corrected chi connectivity index (χ4v) is 1.96. The molecule has 5 nitrogen and oxygen atoms in total. The summed E-state index contributed by atoms with van der Waals surface area (Å²) in [6.45, 7) is 2.68. The van der Waals surface area contributed by atoms with Crippen molar-refractivity contribution in [3.63, 3.8) is 0 Å². The van der Waals surface area contributed by atoms with Crippen LogP contribution < -0.4 is 10.5 Å². The van der Waals surface area contributed by atoms with Crippen molar-refractivity contribution in [1.29, 1.82) is 0 Å². The summed E-state index contributed by atoms with van der Waals surface area (Å²) in [5.74, 6) is 0.508. The number of amides is 1. The molecule has 1 amide bonds. The van der Waals surface area contributed by atoms with Crippen LogP contribution in [-0.2, 0) is 4.79 Å². The quantitative estimate of drug-likeness (QED) is 0.772. The van der Waals surface area contributed by atoms with Crippen LogP contribution in [0.5, 0.6) is 5.75 Å². The highest BCUT2D eigenvalue weighted by atomic mass is 16.5. The highest BCUT2D eigenvalue weighted by Crippen LogP contribution is 2.20. The average Bonchev–Trinajstić information content (AvgIpc) is 2.69. The van der Waals surface area contributed by atoms with Gasteiger partial charge >= 0.3 is 0 Å². The van der Waals surface area contributed by atoms with Gasteiger partial charge in [0.05, 0.1) is 5.60 Å². The third-order valence-corrected chi connectivity index (χ3v) is 3.05. The molecule has 0 aromatic heterocycles. The van der Waals surface area contributed by atoms with Crippen LogP contribution in [0.3, 0.4) is 0 Å². The Morgan fingerprint density at radius 1 is 1.50 bits per heavy atom. The number of nitrogen functional groups attached to an aromatic ring is 1. The van der Waals surface area contributed by atoms with Gasteiger partial charge in [0.15, 0.2) is 6.61 Å². The van der Waals surface area contributed by atoms with Crippen LogP contribution >= 0.6 is 0 Å². The maximum atomic E-state index is 11.8. The van der Waals surface area contributed by atoms with Crippen LogP contribution in [-0.4, -0.2) is 41.2 Å². The average molecular weight is 250 g/mol. The number of hydrogen-bond acceptors (Lipinski definition) is 4. The number of carbonyl (C=O) groups excluding carboxylic acids is 1. The van der Waals surface area contributed by atoms with Crippen molar-refractivity contribution in [2.75, 3.05) is 25.4 Å². The van der Waals surface area contributed by atoms with E-state index in [2.05, 4.69) is 0 Å². The number of anilines is 1. The molecular weight excluding hydrogens is 232 g/mol. The van der Waals surface area contributed by atoms with E-state index in [-0.39, 0.29) is 12.5 Å². The van der Waals surface area contributed by atoms with Gasteiger partial charge in [-0.15, -0.1) is 0 Å². The van der Waals surface area contributed by atoms with E-state index in [9.17, 15) is 9.90 Å².